The van der Waals surface area contributed by atoms with Crippen molar-refractivity contribution >= 4 is 16.9 Å². The monoisotopic (exact) mass is 333 g/mol. The van der Waals surface area contributed by atoms with Crippen molar-refractivity contribution in [2.24, 2.45) is 5.92 Å². The molecular formula is C19H27NO4. The molecule has 0 saturated carbocycles. The third-order valence-electron chi connectivity index (χ3n) is 3.88. The van der Waals surface area contributed by atoms with Crippen LogP contribution in [0.5, 0.6) is 5.75 Å². The van der Waals surface area contributed by atoms with E-state index in [1.54, 1.807) is 7.11 Å². The Bertz CT molecular complexity index is 703. The van der Waals surface area contributed by atoms with E-state index in [4.69, 9.17) is 14.2 Å². The van der Waals surface area contributed by atoms with Crippen LogP contribution in [0.25, 0.3) is 10.9 Å². The molecule has 0 unspecified atom stereocenters. The van der Waals surface area contributed by atoms with Crippen LogP contribution in [0.4, 0.5) is 0 Å². The zero-order valence-corrected chi connectivity index (χ0v) is 15.2. The van der Waals surface area contributed by atoms with E-state index in [2.05, 4.69) is 18.4 Å². The van der Waals surface area contributed by atoms with Crippen molar-refractivity contribution < 1.29 is 19.0 Å². The molecule has 0 N–H and O–H groups in total. The van der Waals surface area contributed by atoms with Gasteiger partial charge in [-0.25, -0.2) is 4.79 Å². The smallest absolute Gasteiger partial charge is 0.340 e. The van der Waals surface area contributed by atoms with Crippen LogP contribution in [0.2, 0.25) is 0 Å². The van der Waals surface area contributed by atoms with Gasteiger partial charge in [0, 0.05) is 30.3 Å². The lowest BCUT2D eigenvalue weighted by Gasteiger charge is -2.10. The molecule has 0 atom stereocenters. The van der Waals surface area contributed by atoms with E-state index in [1.807, 2.05) is 32.0 Å². The normalized spacial score (nSPS) is 11.2. The topological polar surface area (TPSA) is 49.7 Å². The molecule has 0 aliphatic rings. The lowest BCUT2D eigenvalue weighted by atomic mass is 10.1. The fourth-order valence-corrected chi connectivity index (χ4v) is 2.75. The van der Waals surface area contributed by atoms with E-state index in [1.165, 1.54) is 0 Å². The molecule has 0 amide bonds. The highest BCUT2D eigenvalue weighted by Crippen LogP contribution is 2.30. The number of fused-ring (bicyclic) bond motifs is 1. The first-order valence-electron chi connectivity index (χ1n) is 8.41. The number of hydrogen-bond donors (Lipinski definition) is 0. The number of ether oxygens (including phenoxy) is 3. The zero-order valence-electron chi connectivity index (χ0n) is 15.2. The number of esters is 1. The van der Waals surface area contributed by atoms with Crippen LogP contribution in [0.3, 0.4) is 0 Å². The Kier molecular flexibility index (Phi) is 6.26. The summed E-state index contributed by atoms with van der Waals surface area (Å²) in [5.41, 5.74) is 2.49. The number of methoxy groups -OCH3 is 1. The van der Waals surface area contributed by atoms with Crippen molar-refractivity contribution in [1.29, 1.82) is 0 Å². The van der Waals surface area contributed by atoms with Crippen LogP contribution in [-0.4, -0.2) is 37.5 Å². The largest absolute Gasteiger partial charge is 0.493 e. The molecule has 0 saturated heterocycles. The second-order valence-corrected chi connectivity index (χ2v) is 6.21. The van der Waals surface area contributed by atoms with Crippen LogP contribution in [-0.2, 0) is 16.0 Å². The summed E-state index contributed by atoms with van der Waals surface area (Å²) in [4.78, 5) is 12.4. The summed E-state index contributed by atoms with van der Waals surface area (Å²) in [7, 11) is 1.67. The molecule has 5 nitrogen and oxygen atoms in total. The molecule has 1 aromatic heterocycles. The molecule has 1 heterocycles. The first-order valence-corrected chi connectivity index (χ1v) is 8.41. The molecule has 0 aliphatic carbocycles. The molecule has 1 aromatic carbocycles. The maximum atomic E-state index is 12.4. The van der Waals surface area contributed by atoms with E-state index in [0.717, 1.165) is 22.3 Å². The van der Waals surface area contributed by atoms with Gasteiger partial charge in [0.05, 0.1) is 25.4 Å². The molecule has 24 heavy (non-hydrogen) atoms. The molecular weight excluding hydrogens is 306 g/mol. The van der Waals surface area contributed by atoms with Crippen molar-refractivity contribution in [1.82, 2.24) is 4.57 Å². The van der Waals surface area contributed by atoms with E-state index >= 15 is 0 Å². The number of hydrogen-bond acceptors (Lipinski definition) is 4. The van der Waals surface area contributed by atoms with Gasteiger partial charge in [-0.15, -0.1) is 0 Å². The van der Waals surface area contributed by atoms with E-state index in [9.17, 15) is 4.79 Å². The van der Waals surface area contributed by atoms with E-state index < -0.39 is 0 Å². The van der Waals surface area contributed by atoms with Crippen molar-refractivity contribution in [3.63, 3.8) is 0 Å². The average Bonchev–Trinajstić information content (AvgIpc) is 2.82. The minimum Gasteiger partial charge on any atom is -0.493 e. The average molecular weight is 333 g/mol. The fraction of sp³-hybridized carbons (Fsp3) is 0.526. The van der Waals surface area contributed by atoms with Crippen LogP contribution in [0.15, 0.2) is 18.2 Å². The number of nitrogens with zero attached hydrogens (tertiary/aromatic N) is 1. The van der Waals surface area contributed by atoms with Crippen LogP contribution in [0, 0.1) is 12.8 Å². The molecule has 2 rings (SSSR count). The van der Waals surface area contributed by atoms with Gasteiger partial charge in [0.2, 0.25) is 0 Å². The number of benzene rings is 1. The van der Waals surface area contributed by atoms with Crippen molar-refractivity contribution in [3.8, 4) is 5.75 Å². The first kappa shape index (κ1) is 18.3. The first-order chi connectivity index (χ1) is 11.5. The summed E-state index contributed by atoms with van der Waals surface area (Å²) in [6.07, 6.45) is 0. The maximum absolute atomic E-state index is 12.4. The van der Waals surface area contributed by atoms with Gasteiger partial charge in [0.15, 0.2) is 0 Å². The molecule has 0 bridgehead atoms. The van der Waals surface area contributed by atoms with Gasteiger partial charge >= 0.3 is 5.97 Å². The number of carbonyl (C=O) groups excluding carboxylic acids is 1. The number of aromatic nitrogens is 1. The summed E-state index contributed by atoms with van der Waals surface area (Å²) >= 11 is 0. The summed E-state index contributed by atoms with van der Waals surface area (Å²) in [6.45, 7) is 10.2. The minimum atomic E-state index is -0.294. The second kappa shape index (κ2) is 8.20. The van der Waals surface area contributed by atoms with Gasteiger partial charge in [-0.05, 0) is 38.0 Å². The van der Waals surface area contributed by atoms with Gasteiger partial charge in [-0.1, -0.05) is 13.8 Å². The summed E-state index contributed by atoms with van der Waals surface area (Å²) < 4.78 is 18.4. The van der Waals surface area contributed by atoms with E-state index in [0.29, 0.717) is 37.8 Å². The molecule has 0 spiro atoms. The number of rotatable bonds is 8. The Morgan fingerprint density at radius 1 is 1.29 bits per heavy atom. The van der Waals surface area contributed by atoms with Crippen molar-refractivity contribution in [3.05, 3.63) is 29.5 Å². The highest BCUT2D eigenvalue weighted by Gasteiger charge is 2.21. The highest BCUT2D eigenvalue weighted by atomic mass is 16.5. The van der Waals surface area contributed by atoms with Gasteiger partial charge in [0.25, 0.3) is 0 Å². The fourth-order valence-electron chi connectivity index (χ4n) is 2.75. The van der Waals surface area contributed by atoms with Crippen LogP contribution in [0.1, 0.15) is 36.8 Å². The SMILES string of the molecule is CCOC(=O)c1c(C)n(CCOC)c2ccc(OCC(C)C)cc12. The molecule has 0 fully saturated rings. The Balaban J connectivity index is 2.51. The summed E-state index contributed by atoms with van der Waals surface area (Å²) in [5.74, 6) is 0.918. The Hall–Kier alpha value is -2.01. The van der Waals surface area contributed by atoms with Gasteiger partial charge in [0.1, 0.15) is 5.75 Å². The maximum Gasteiger partial charge on any atom is 0.340 e. The molecule has 0 radical (unpaired) electrons. The van der Waals surface area contributed by atoms with Gasteiger partial charge < -0.3 is 18.8 Å². The zero-order chi connectivity index (χ0) is 17.7. The molecule has 2 aromatic rings. The van der Waals surface area contributed by atoms with E-state index in [-0.39, 0.29) is 5.97 Å². The highest BCUT2D eigenvalue weighted by molar-refractivity contribution is 6.06. The predicted molar refractivity (Wildman–Crippen MR) is 94.8 cm³/mol. The third-order valence-corrected chi connectivity index (χ3v) is 3.88. The lowest BCUT2D eigenvalue weighted by Crippen LogP contribution is -2.09. The van der Waals surface area contributed by atoms with Gasteiger partial charge in [-0.2, -0.15) is 0 Å². The van der Waals surface area contributed by atoms with Crippen LogP contribution >= 0.6 is 0 Å². The van der Waals surface area contributed by atoms with Crippen molar-refractivity contribution in [2.45, 2.75) is 34.2 Å². The third kappa shape index (κ3) is 3.90. The van der Waals surface area contributed by atoms with Crippen LogP contribution < -0.4 is 4.74 Å². The summed E-state index contributed by atoms with van der Waals surface area (Å²) in [6, 6.07) is 5.87. The molecule has 0 aliphatic heterocycles. The molecule has 132 valence electrons. The Morgan fingerprint density at radius 3 is 2.67 bits per heavy atom. The standard InChI is InChI=1S/C19H27NO4/c1-6-23-19(21)18-14(4)20(9-10-22-5)17-8-7-15(11-16(17)18)24-12-13(2)3/h7-8,11,13H,6,9-10,12H2,1-5H3. The lowest BCUT2D eigenvalue weighted by molar-refractivity contribution is 0.0527. The number of carbonyl (C=O) groups is 1. The Morgan fingerprint density at radius 2 is 2.04 bits per heavy atom. The van der Waals surface area contributed by atoms with Gasteiger partial charge in [-0.3, -0.25) is 0 Å². The summed E-state index contributed by atoms with van der Waals surface area (Å²) in [5, 5.41) is 0.864. The Labute approximate surface area is 143 Å². The minimum absolute atomic E-state index is 0.294. The molecule has 5 heteroatoms. The second-order valence-electron chi connectivity index (χ2n) is 6.21. The van der Waals surface area contributed by atoms with Crippen molar-refractivity contribution in [2.75, 3.05) is 26.9 Å². The predicted octanol–water partition coefficient (Wildman–Crippen LogP) is 3.81. The quantitative estimate of drug-likeness (QED) is 0.689.